The number of nitrogens with zero attached hydrogens (tertiary/aromatic N) is 1. The Morgan fingerprint density at radius 3 is 2.53 bits per heavy atom. The molecular formula is C16H25NO2. The maximum atomic E-state index is 10.6. The van der Waals surface area contributed by atoms with E-state index in [2.05, 4.69) is 24.8 Å². The van der Waals surface area contributed by atoms with Crippen LogP contribution in [0.5, 0.6) is 5.75 Å². The van der Waals surface area contributed by atoms with Gasteiger partial charge in [0, 0.05) is 6.04 Å². The van der Waals surface area contributed by atoms with E-state index in [-0.39, 0.29) is 12.1 Å². The van der Waals surface area contributed by atoms with Crippen LogP contribution in [-0.2, 0) is 6.42 Å². The molecular weight excluding hydrogens is 238 g/mol. The van der Waals surface area contributed by atoms with Gasteiger partial charge >= 0.3 is 0 Å². The van der Waals surface area contributed by atoms with Crippen molar-refractivity contribution >= 4 is 0 Å². The average molecular weight is 263 g/mol. The second-order valence-corrected chi connectivity index (χ2v) is 5.32. The van der Waals surface area contributed by atoms with Crippen LogP contribution in [0, 0.1) is 0 Å². The Bertz CT molecular complexity index is 413. The number of ether oxygens (including phenoxy) is 1. The highest BCUT2D eigenvalue weighted by Gasteiger charge is 2.34. The molecule has 2 atom stereocenters. The minimum atomic E-state index is -0.386. The van der Waals surface area contributed by atoms with Crippen LogP contribution in [-0.4, -0.2) is 36.2 Å². The summed E-state index contributed by atoms with van der Waals surface area (Å²) in [6, 6.07) is 6.28. The van der Waals surface area contributed by atoms with Crippen molar-refractivity contribution in [3.05, 3.63) is 29.3 Å². The molecule has 0 aliphatic heterocycles. The van der Waals surface area contributed by atoms with Crippen LogP contribution in [0.1, 0.15) is 43.9 Å². The van der Waals surface area contributed by atoms with Crippen LogP contribution in [0.2, 0.25) is 0 Å². The molecule has 2 rings (SSSR count). The topological polar surface area (TPSA) is 32.7 Å². The summed E-state index contributed by atoms with van der Waals surface area (Å²) < 4.78 is 5.25. The molecule has 1 N–H and O–H groups in total. The molecule has 106 valence electrons. The molecule has 1 aliphatic rings. The quantitative estimate of drug-likeness (QED) is 0.856. The number of fused-ring (bicyclic) bond motifs is 1. The Hall–Kier alpha value is -1.06. The predicted molar refractivity (Wildman–Crippen MR) is 77.6 cm³/mol. The Morgan fingerprint density at radius 2 is 1.95 bits per heavy atom. The smallest absolute Gasteiger partial charge is 0.119 e. The second-order valence-electron chi connectivity index (χ2n) is 5.32. The number of rotatable bonds is 6. The van der Waals surface area contributed by atoms with Gasteiger partial charge in [0.1, 0.15) is 5.75 Å². The van der Waals surface area contributed by atoms with Crippen molar-refractivity contribution in [2.75, 3.05) is 20.2 Å². The lowest BCUT2D eigenvalue weighted by Crippen LogP contribution is -2.39. The molecule has 0 bridgehead atoms. The highest BCUT2D eigenvalue weighted by atomic mass is 16.5. The molecule has 0 spiro atoms. The highest BCUT2D eigenvalue weighted by Crippen LogP contribution is 2.36. The molecule has 1 aromatic carbocycles. The van der Waals surface area contributed by atoms with E-state index >= 15 is 0 Å². The number of hydrogen-bond acceptors (Lipinski definition) is 3. The molecule has 19 heavy (non-hydrogen) atoms. The van der Waals surface area contributed by atoms with Crippen molar-refractivity contribution in [1.82, 2.24) is 4.90 Å². The average Bonchev–Trinajstić information content (AvgIpc) is 2.75. The van der Waals surface area contributed by atoms with E-state index in [1.807, 2.05) is 12.1 Å². The fourth-order valence-electron chi connectivity index (χ4n) is 3.05. The van der Waals surface area contributed by atoms with E-state index in [1.54, 1.807) is 7.11 Å². The molecule has 0 radical (unpaired) electrons. The summed E-state index contributed by atoms with van der Waals surface area (Å²) in [5.74, 6) is 0.830. The maximum absolute atomic E-state index is 10.6. The Balaban J connectivity index is 2.18. The van der Waals surface area contributed by atoms with Crippen molar-refractivity contribution < 1.29 is 9.84 Å². The lowest BCUT2D eigenvalue weighted by molar-refractivity contribution is 0.0604. The van der Waals surface area contributed by atoms with Gasteiger partial charge in [0.15, 0.2) is 0 Å². The zero-order valence-corrected chi connectivity index (χ0v) is 12.2. The summed E-state index contributed by atoms with van der Waals surface area (Å²) in [5, 5.41) is 10.6. The molecule has 3 heteroatoms. The molecule has 0 aromatic heterocycles. The van der Waals surface area contributed by atoms with Gasteiger partial charge in [-0.3, -0.25) is 4.90 Å². The summed E-state index contributed by atoms with van der Waals surface area (Å²) in [5.41, 5.74) is 2.30. The molecule has 1 aliphatic carbocycles. The Labute approximate surface area is 116 Å². The van der Waals surface area contributed by atoms with E-state index in [4.69, 9.17) is 4.74 Å². The van der Waals surface area contributed by atoms with Crippen LogP contribution in [0.4, 0.5) is 0 Å². The standard InChI is InChI=1S/C16H25NO2/c1-4-8-17(9-5-2)15-10-12-6-7-13(19-3)11-14(12)16(15)18/h6-7,11,15-16,18H,4-5,8-10H2,1-3H3. The van der Waals surface area contributed by atoms with Crippen LogP contribution >= 0.6 is 0 Å². The normalized spacial score (nSPS) is 21.7. The minimum absolute atomic E-state index is 0.224. The fraction of sp³-hybridized carbons (Fsp3) is 0.625. The van der Waals surface area contributed by atoms with Crippen LogP contribution in [0.25, 0.3) is 0 Å². The maximum Gasteiger partial charge on any atom is 0.119 e. The second kappa shape index (κ2) is 6.40. The van der Waals surface area contributed by atoms with Gasteiger partial charge in [-0.2, -0.15) is 0 Å². The highest BCUT2D eigenvalue weighted by molar-refractivity contribution is 5.41. The van der Waals surface area contributed by atoms with Gasteiger partial charge in [-0.1, -0.05) is 19.9 Å². The molecule has 2 unspecified atom stereocenters. The molecule has 0 saturated heterocycles. The zero-order chi connectivity index (χ0) is 13.8. The molecule has 0 saturated carbocycles. The van der Waals surface area contributed by atoms with E-state index in [1.165, 1.54) is 5.56 Å². The molecule has 0 amide bonds. The van der Waals surface area contributed by atoms with E-state index in [0.29, 0.717) is 0 Å². The van der Waals surface area contributed by atoms with Crippen molar-refractivity contribution in [3.63, 3.8) is 0 Å². The zero-order valence-electron chi connectivity index (χ0n) is 12.2. The van der Waals surface area contributed by atoms with Crippen LogP contribution in [0.15, 0.2) is 18.2 Å². The van der Waals surface area contributed by atoms with Gasteiger partial charge in [0.2, 0.25) is 0 Å². The summed E-state index contributed by atoms with van der Waals surface area (Å²) >= 11 is 0. The minimum Gasteiger partial charge on any atom is -0.497 e. The summed E-state index contributed by atoms with van der Waals surface area (Å²) in [6.07, 6.45) is 2.81. The van der Waals surface area contributed by atoms with Gasteiger partial charge in [-0.25, -0.2) is 0 Å². The first-order chi connectivity index (χ1) is 9.21. The Kier molecular flexibility index (Phi) is 4.83. The van der Waals surface area contributed by atoms with E-state index < -0.39 is 0 Å². The SMILES string of the molecule is CCCN(CCC)C1Cc2ccc(OC)cc2C1O. The van der Waals surface area contributed by atoms with E-state index in [9.17, 15) is 5.11 Å². The first kappa shape index (κ1) is 14.4. The third kappa shape index (κ3) is 2.93. The van der Waals surface area contributed by atoms with Crippen molar-refractivity contribution in [2.24, 2.45) is 0 Å². The predicted octanol–water partition coefficient (Wildman–Crippen LogP) is 2.78. The van der Waals surface area contributed by atoms with E-state index in [0.717, 1.165) is 43.7 Å². The van der Waals surface area contributed by atoms with Gasteiger partial charge in [0.25, 0.3) is 0 Å². The monoisotopic (exact) mass is 263 g/mol. The first-order valence-corrected chi connectivity index (χ1v) is 7.30. The largest absolute Gasteiger partial charge is 0.497 e. The third-order valence-electron chi connectivity index (χ3n) is 3.96. The third-order valence-corrected chi connectivity index (χ3v) is 3.96. The van der Waals surface area contributed by atoms with Crippen LogP contribution < -0.4 is 4.74 Å². The summed E-state index contributed by atoms with van der Waals surface area (Å²) in [6.45, 7) is 6.50. The molecule has 3 nitrogen and oxygen atoms in total. The number of aliphatic hydroxyl groups is 1. The fourth-order valence-corrected chi connectivity index (χ4v) is 3.05. The van der Waals surface area contributed by atoms with Gasteiger partial charge < -0.3 is 9.84 Å². The summed E-state index contributed by atoms with van der Waals surface area (Å²) in [4.78, 5) is 2.43. The van der Waals surface area contributed by atoms with Gasteiger partial charge in [-0.15, -0.1) is 0 Å². The molecule has 0 fully saturated rings. The number of aliphatic hydroxyl groups excluding tert-OH is 1. The van der Waals surface area contributed by atoms with Crippen molar-refractivity contribution in [2.45, 2.75) is 45.3 Å². The number of benzene rings is 1. The lowest BCUT2D eigenvalue weighted by Gasteiger charge is -2.30. The molecule has 1 aromatic rings. The number of methoxy groups -OCH3 is 1. The summed E-state index contributed by atoms with van der Waals surface area (Å²) in [7, 11) is 1.67. The first-order valence-electron chi connectivity index (χ1n) is 7.30. The van der Waals surface area contributed by atoms with Crippen molar-refractivity contribution in [1.29, 1.82) is 0 Å². The van der Waals surface area contributed by atoms with Gasteiger partial charge in [-0.05, 0) is 55.6 Å². The van der Waals surface area contributed by atoms with Crippen LogP contribution in [0.3, 0.4) is 0 Å². The van der Waals surface area contributed by atoms with Gasteiger partial charge in [0.05, 0.1) is 13.2 Å². The Morgan fingerprint density at radius 1 is 1.26 bits per heavy atom. The number of hydrogen-bond donors (Lipinski definition) is 1. The lowest BCUT2D eigenvalue weighted by atomic mass is 10.1. The molecule has 0 heterocycles. The van der Waals surface area contributed by atoms with Crippen molar-refractivity contribution in [3.8, 4) is 5.75 Å².